The number of carbonyl (C=O) groups is 2. The summed E-state index contributed by atoms with van der Waals surface area (Å²) >= 11 is 0. The molecule has 0 bridgehead atoms. The largest absolute Gasteiger partial charge is 0.480 e. The molecule has 7 nitrogen and oxygen atoms in total. The summed E-state index contributed by atoms with van der Waals surface area (Å²) in [4.78, 5) is 25.4. The van der Waals surface area contributed by atoms with Crippen LogP contribution in [0, 0.1) is 5.82 Å². The van der Waals surface area contributed by atoms with Crippen molar-refractivity contribution < 1.29 is 23.8 Å². The Hall–Kier alpha value is -2.74. The number of hydrogen-bond acceptors (Lipinski definition) is 4. The number of amides is 1. The number of fused-ring (bicyclic) bond motifs is 1. The Balaban J connectivity index is 2.01. The normalized spacial score (nSPS) is 13.3. The summed E-state index contributed by atoms with van der Waals surface area (Å²) in [5.41, 5.74) is 2.50. The zero-order chi connectivity index (χ0) is 19.4. The van der Waals surface area contributed by atoms with E-state index in [1.54, 1.807) is 16.8 Å². The molecular formula is C19H22FN3O4. The van der Waals surface area contributed by atoms with Gasteiger partial charge >= 0.3 is 5.97 Å². The summed E-state index contributed by atoms with van der Waals surface area (Å²) in [6, 6.07) is 6.05. The fraction of sp³-hybridized carbons (Fsp3) is 0.421. The highest BCUT2D eigenvalue weighted by Crippen LogP contribution is 2.28. The van der Waals surface area contributed by atoms with E-state index in [4.69, 9.17) is 9.84 Å². The van der Waals surface area contributed by atoms with E-state index in [1.807, 2.05) is 0 Å². The SMILES string of the molecule is COCCN(CC(=O)O)C(=O)c1nn(-c2cccc(F)c2)c2c1CCCC2. The van der Waals surface area contributed by atoms with Crippen molar-refractivity contribution in [3.8, 4) is 5.69 Å². The van der Waals surface area contributed by atoms with Gasteiger partial charge in [0, 0.05) is 24.9 Å². The fourth-order valence-corrected chi connectivity index (χ4v) is 3.36. The van der Waals surface area contributed by atoms with Crippen LogP contribution in [0.25, 0.3) is 5.69 Å². The Morgan fingerprint density at radius 2 is 2.11 bits per heavy atom. The second-order valence-electron chi connectivity index (χ2n) is 6.49. The summed E-state index contributed by atoms with van der Waals surface area (Å²) < 4.78 is 20.3. The molecule has 0 fully saturated rings. The lowest BCUT2D eigenvalue weighted by Crippen LogP contribution is -2.38. The summed E-state index contributed by atoms with van der Waals surface area (Å²) in [5.74, 6) is -1.92. The van der Waals surface area contributed by atoms with E-state index in [9.17, 15) is 14.0 Å². The van der Waals surface area contributed by atoms with Crippen LogP contribution in [0.4, 0.5) is 4.39 Å². The number of ether oxygens (including phenoxy) is 1. The van der Waals surface area contributed by atoms with Crippen molar-refractivity contribution in [3.63, 3.8) is 0 Å². The minimum absolute atomic E-state index is 0.156. The van der Waals surface area contributed by atoms with Gasteiger partial charge in [0.05, 0.1) is 12.3 Å². The van der Waals surface area contributed by atoms with Crippen molar-refractivity contribution in [1.29, 1.82) is 0 Å². The number of methoxy groups -OCH3 is 1. The highest BCUT2D eigenvalue weighted by atomic mass is 19.1. The second-order valence-corrected chi connectivity index (χ2v) is 6.49. The van der Waals surface area contributed by atoms with Gasteiger partial charge in [0.2, 0.25) is 0 Å². The zero-order valence-electron chi connectivity index (χ0n) is 15.2. The van der Waals surface area contributed by atoms with Crippen molar-refractivity contribution in [1.82, 2.24) is 14.7 Å². The standard InChI is InChI=1S/C19H22FN3O4/c1-27-10-9-22(12-17(24)25)19(26)18-15-7-2-3-8-16(15)23(21-18)14-6-4-5-13(20)11-14/h4-6,11H,2-3,7-10,12H2,1H3,(H,24,25). The molecular weight excluding hydrogens is 353 g/mol. The van der Waals surface area contributed by atoms with E-state index >= 15 is 0 Å². The predicted octanol–water partition coefficient (Wildman–Crippen LogP) is 2.06. The van der Waals surface area contributed by atoms with E-state index < -0.39 is 18.4 Å². The molecule has 1 amide bonds. The number of halogens is 1. The van der Waals surface area contributed by atoms with Crippen LogP contribution in [0.3, 0.4) is 0 Å². The van der Waals surface area contributed by atoms with Gasteiger partial charge in [-0.3, -0.25) is 9.59 Å². The molecule has 2 aromatic rings. The van der Waals surface area contributed by atoms with E-state index in [1.165, 1.54) is 24.1 Å². The lowest BCUT2D eigenvalue weighted by molar-refractivity contribution is -0.137. The summed E-state index contributed by atoms with van der Waals surface area (Å²) in [6.07, 6.45) is 3.32. The van der Waals surface area contributed by atoms with Gasteiger partial charge in [0.25, 0.3) is 5.91 Å². The summed E-state index contributed by atoms with van der Waals surface area (Å²) in [5, 5.41) is 13.6. The van der Waals surface area contributed by atoms with Crippen LogP contribution < -0.4 is 0 Å². The third-order valence-electron chi connectivity index (χ3n) is 4.61. The van der Waals surface area contributed by atoms with Crippen LogP contribution in [0.5, 0.6) is 0 Å². The smallest absolute Gasteiger partial charge is 0.323 e. The molecule has 3 rings (SSSR count). The minimum atomic E-state index is -1.10. The van der Waals surface area contributed by atoms with Gasteiger partial charge in [0.15, 0.2) is 5.69 Å². The van der Waals surface area contributed by atoms with Crippen LogP contribution in [-0.2, 0) is 22.4 Å². The number of hydrogen-bond donors (Lipinski definition) is 1. The van der Waals surface area contributed by atoms with Crippen molar-refractivity contribution in [3.05, 3.63) is 47.0 Å². The molecule has 0 unspecified atom stereocenters. The van der Waals surface area contributed by atoms with Gasteiger partial charge in [-0.1, -0.05) is 6.07 Å². The number of carboxylic acids is 1. The zero-order valence-corrected chi connectivity index (χ0v) is 15.2. The van der Waals surface area contributed by atoms with Crippen LogP contribution in [0.15, 0.2) is 24.3 Å². The Morgan fingerprint density at radius 1 is 1.33 bits per heavy atom. The first kappa shape index (κ1) is 19.0. The predicted molar refractivity (Wildman–Crippen MR) is 95.6 cm³/mol. The highest BCUT2D eigenvalue weighted by molar-refractivity contribution is 5.95. The van der Waals surface area contributed by atoms with Gasteiger partial charge in [-0.05, 0) is 43.9 Å². The maximum absolute atomic E-state index is 13.7. The van der Waals surface area contributed by atoms with Crippen LogP contribution in [-0.4, -0.2) is 58.5 Å². The Morgan fingerprint density at radius 3 is 2.81 bits per heavy atom. The fourth-order valence-electron chi connectivity index (χ4n) is 3.36. The first-order valence-electron chi connectivity index (χ1n) is 8.88. The summed E-state index contributed by atoms with van der Waals surface area (Å²) in [7, 11) is 1.49. The van der Waals surface area contributed by atoms with Crippen molar-refractivity contribution >= 4 is 11.9 Å². The molecule has 0 atom stereocenters. The van der Waals surface area contributed by atoms with Gasteiger partial charge in [-0.25, -0.2) is 9.07 Å². The number of nitrogens with zero attached hydrogens (tertiary/aromatic N) is 3. The monoisotopic (exact) mass is 375 g/mol. The average molecular weight is 375 g/mol. The molecule has 0 saturated heterocycles. The average Bonchev–Trinajstić information content (AvgIpc) is 3.04. The van der Waals surface area contributed by atoms with E-state index in [-0.39, 0.29) is 24.7 Å². The first-order chi connectivity index (χ1) is 13.0. The number of carbonyl (C=O) groups excluding carboxylic acids is 1. The minimum Gasteiger partial charge on any atom is -0.480 e. The van der Waals surface area contributed by atoms with Gasteiger partial charge in [0.1, 0.15) is 12.4 Å². The number of carboxylic acid groups (broad SMARTS) is 1. The number of benzene rings is 1. The van der Waals surface area contributed by atoms with E-state index in [0.29, 0.717) is 12.1 Å². The molecule has 0 aliphatic heterocycles. The third kappa shape index (κ3) is 4.16. The molecule has 1 aliphatic rings. The van der Waals surface area contributed by atoms with Crippen molar-refractivity contribution in [2.75, 3.05) is 26.8 Å². The van der Waals surface area contributed by atoms with Gasteiger partial charge < -0.3 is 14.7 Å². The number of aromatic nitrogens is 2. The van der Waals surface area contributed by atoms with Crippen LogP contribution in [0.1, 0.15) is 34.6 Å². The number of rotatable bonds is 7. The molecule has 144 valence electrons. The molecule has 1 heterocycles. The Bertz CT molecular complexity index is 849. The van der Waals surface area contributed by atoms with E-state index in [0.717, 1.165) is 30.5 Å². The molecule has 0 spiro atoms. The molecule has 0 saturated carbocycles. The maximum atomic E-state index is 13.7. The highest BCUT2D eigenvalue weighted by Gasteiger charge is 2.29. The molecule has 8 heteroatoms. The topological polar surface area (TPSA) is 84.7 Å². The lowest BCUT2D eigenvalue weighted by atomic mass is 9.95. The van der Waals surface area contributed by atoms with Crippen molar-refractivity contribution in [2.24, 2.45) is 0 Å². The van der Waals surface area contributed by atoms with Gasteiger partial charge in [-0.15, -0.1) is 0 Å². The van der Waals surface area contributed by atoms with Gasteiger partial charge in [-0.2, -0.15) is 5.10 Å². The lowest BCUT2D eigenvalue weighted by Gasteiger charge is -2.20. The van der Waals surface area contributed by atoms with Crippen LogP contribution in [0.2, 0.25) is 0 Å². The second kappa shape index (κ2) is 8.30. The van der Waals surface area contributed by atoms with E-state index in [2.05, 4.69) is 5.10 Å². The number of aliphatic carboxylic acids is 1. The first-order valence-corrected chi connectivity index (χ1v) is 8.88. The molecule has 1 N–H and O–H groups in total. The maximum Gasteiger partial charge on any atom is 0.323 e. The molecule has 27 heavy (non-hydrogen) atoms. The molecule has 1 aromatic heterocycles. The molecule has 1 aliphatic carbocycles. The van der Waals surface area contributed by atoms with Crippen molar-refractivity contribution in [2.45, 2.75) is 25.7 Å². The molecule has 1 aromatic carbocycles. The molecule has 0 radical (unpaired) electrons. The quantitative estimate of drug-likeness (QED) is 0.801. The summed E-state index contributed by atoms with van der Waals surface area (Å²) in [6.45, 7) is -0.0428. The Kier molecular flexibility index (Phi) is 5.85. The third-order valence-corrected chi connectivity index (χ3v) is 4.61. The Labute approximate surface area is 156 Å². The van der Waals surface area contributed by atoms with Crippen LogP contribution >= 0.6 is 0 Å².